The molecule has 0 aliphatic carbocycles. The molecule has 3 rings (SSSR count). The number of aryl methyl sites for hydroxylation is 1. The summed E-state index contributed by atoms with van der Waals surface area (Å²) in [6.45, 7) is 3.79. The average Bonchev–Trinajstić information content (AvgIpc) is 3.05. The van der Waals surface area contributed by atoms with Gasteiger partial charge in [0.15, 0.2) is 0 Å². The van der Waals surface area contributed by atoms with Crippen molar-refractivity contribution in [2.24, 2.45) is 5.92 Å². The van der Waals surface area contributed by atoms with Gasteiger partial charge in [0.2, 0.25) is 0 Å². The van der Waals surface area contributed by atoms with Gasteiger partial charge < -0.3 is 5.11 Å². The highest BCUT2D eigenvalue weighted by Gasteiger charge is 2.48. The first kappa shape index (κ1) is 11.7. The Morgan fingerprint density at radius 2 is 2.39 bits per heavy atom. The first-order valence-electron chi connectivity index (χ1n) is 6.69. The van der Waals surface area contributed by atoms with Crippen LogP contribution >= 0.6 is 0 Å². The Hall–Kier alpha value is -1.36. The van der Waals surface area contributed by atoms with Crippen molar-refractivity contribution in [1.29, 1.82) is 0 Å². The Labute approximate surface area is 106 Å². The van der Waals surface area contributed by atoms with Crippen LogP contribution in [0.3, 0.4) is 0 Å². The van der Waals surface area contributed by atoms with Crippen LogP contribution in [0.15, 0.2) is 12.4 Å². The number of nitrogens with zero attached hydrogens (tertiary/aromatic N) is 3. The van der Waals surface area contributed by atoms with E-state index in [1.54, 1.807) is 0 Å². The van der Waals surface area contributed by atoms with Crippen molar-refractivity contribution in [2.75, 3.05) is 0 Å². The Morgan fingerprint density at radius 3 is 3.00 bits per heavy atom. The molecule has 3 atom stereocenters. The topological polar surface area (TPSA) is 58.4 Å². The molecule has 2 fully saturated rings. The minimum atomic E-state index is -0.628. The van der Waals surface area contributed by atoms with Crippen molar-refractivity contribution >= 4 is 5.97 Å². The standard InChI is InChI=1S/C13H19N3O2/c1-2-15-7-9(6-14-15)8-16-10-3-4-12(16)11(5-10)13(17)18/h6-7,10-12H,2-5,8H2,1H3,(H,17,18). The number of carboxylic acids is 1. The third kappa shape index (κ3) is 1.82. The first-order chi connectivity index (χ1) is 8.69. The third-order valence-corrected chi connectivity index (χ3v) is 4.37. The van der Waals surface area contributed by atoms with E-state index in [2.05, 4.69) is 23.1 Å². The average molecular weight is 249 g/mol. The molecule has 2 aliphatic rings. The molecule has 1 N–H and O–H groups in total. The summed E-state index contributed by atoms with van der Waals surface area (Å²) in [4.78, 5) is 13.6. The van der Waals surface area contributed by atoms with Gasteiger partial charge in [-0.05, 0) is 26.2 Å². The molecule has 98 valence electrons. The van der Waals surface area contributed by atoms with Crippen molar-refractivity contribution in [3.8, 4) is 0 Å². The normalized spacial score (nSPS) is 31.1. The Morgan fingerprint density at radius 1 is 1.56 bits per heavy atom. The maximum atomic E-state index is 11.2. The number of aliphatic carboxylic acids is 1. The van der Waals surface area contributed by atoms with Gasteiger partial charge >= 0.3 is 5.97 Å². The molecule has 0 saturated carbocycles. The van der Waals surface area contributed by atoms with E-state index >= 15 is 0 Å². The summed E-state index contributed by atoms with van der Waals surface area (Å²) in [5.74, 6) is -0.790. The van der Waals surface area contributed by atoms with E-state index in [1.807, 2.05) is 10.9 Å². The minimum absolute atomic E-state index is 0.162. The predicted molar refractivity (Wildman–Crippen MR) is 66.0 cm³/mol. The molecular formula is C13H19N3O2. The highest BCUT2D eigenvalue weighted by Crippen LogP contribution is 2.42. The molecule has 18 heavy (non-hydrogen) atoms. The maximum absolute atomic E-state index is 11.2. The molecule has 0 spiro atoms. The van der Waals surface area contributed by atoms with E-state index < -0.39 is 5.97 Å². The van der Waals surface area contributed by atoms with Gasteiger partial charge in [0.25, 0.3) is 0 Å². The van der Waals surface area contributed by atoms with Crippen LogP contribution in [0.4, 0.5) is 0 Å². The van der Waals surface area contributed by atoms with Crippen LogP contribution in [0.2, 0.25) is 0 Å². The number of hydrogen-bond donors (Lipinski definition) is 1. The van der Waals surface area contributed by atoms with Gasteiger partial charge in [0, 0.05) is 36.9 Å². The van der Waals surface area contributed by atoms with Crippen molar-refractivity contribution in [3.05, 3.63) is 18.0 Å². The molecule has 0 radical (unpaired) electrons. The Kier molecular flexibility index (Phi) is 2.86. The molecule has 3 unspecified atom stereocenters. The molecule has 2 saturated heterocycles. The van der Waals surface area contributed by atoms with Gasteiger partial charge in [0.05, 0.1) is 12.1 Å². The van der Waals surface area contributed by atoms with Gasteiger partial charge in [-0.25, -0.2) is 0 Å². The largest absolute Gasteiger partial charge is 0.481 e. The molecule has 2 bridgehead atoms. The Bertz CT molecular complexity index is 457. The fraction of sp³-hybridized carbons (Fsp3) is 0.692. The van der Waals surface area contributed by atoms with E-state index in [1.165, 1.54) is 5.56 Å². The second-order valence-electron chi connectivity index (χ2n) is 5.36. The number of rotatable bonds is 4. The number of aromatic nitrogens is 2. The molecule has 5 nitrogen and oxygen atoms in total. The minimum Gasteiger partial charge on any atom is -0.481 e. The lowest BCUT2D eigenvalue weighted by atomic mass is 9.89. The van der Waals surface area contributed by atoms with Crippen LogP contribution in [0.1, 0.15) is 31.7 Å². The van der Waals surface area contributed by atoms with E-state index in [4.69, 9.17) is 0 Å². The smallest absolute Gasteiger partial charge is 0.308 e. The number of hydrogen-bond acceptors (Lipinski definition) is 3. The van der Waals surface area contributed by atoms with Crippen LogP contribution in [-0.4, -0.2) is 37.8 Å². The highest BCUT2D eigenvalue weighted by atomic mass is 16.4. The zero-order valence-electron chi connectivity index (χ0n) is 10.6. The van der Waals surface area contributed by atoms with Crippen LogP contribution in [0.25, 0.3) is 0 Å². The maximum Gasteiger partial charge on any atom is 0.308 e. The van der Waals surface area contributed by atoms with Crippen molar-refractivity contribution in [2.45, 2.75) is 51.4 Å². The van der Waals surface area contributed by atoms with Gasteiger partial charge in [0.1, 0.15) is 0 Å². The van der Waals surface area contributed by atoms with Crippen molar-refractivity contribution in [1.82, 2.24) is 14.7 Å². The summed E-state index contributed by atoms with van der Waals surface area (Å²) in [7, 11) is 0. The lowest BCUT2D eigenvalue weighted by Gasteiger charge is -2.21. The second kappa shape index (κ2) is 4.39. The molecule has 3 heterocycles. The predicted octanol–water partition coefficient (Wildman–Crippen LogP) is 1.34. The number of fused-ring (bicyclic) bond motifs is 2. The highest BCUT2D eigenvalue weighted by molar-refractivity contribution is 5.71. The first-order valence-corrected chi connectivity index (χ1v) is 6.69. The molecule has 1 aromatic rings. The van der Waals surface area contributed by atoms with Crippen molar-refractivity contribution in [3.63, 3.8) is 0 Å². The van der Waals surface area contributed by atoms with E-state index in [-0.39, 0.29) is 12.0 Å². The molecule has 0 amide bonds. The lowest BCUT2D eigenvalue weighted by Crippen LogP contribution is -2.32. The monoisotopic (exact) mass is 249 g/mol. The van der Waals surface area contributed by atoms with Crippen molar-refractivity contribution < 1.29 is 9.90 Å². The van der Waals surface area contributed by atoms with Crippen LogP contribution in [0.5, 0.6) is 0 Å². The number of carbonyl (C=O) groups is 1. The number of carboxylic acid groups (broad SMARTS) is 1. The van der Waals surface area contributed by atoms with E-state index in [0.29, 0.717) is 6.04 Å². The van der Waals surface area contributed by atoms with Gasteiger partial charge in [-0.2, -0.15) is 5.10 Å². The summed E-state index contributed by atoms with van der Waals surface area (Å²) >= 11 is 0. The SMILES string of the molecule is CCn1cc(CN2C3CCC2C(C(=O)O)C3)cn1. The summed E-state index contributed by atoms with van der Waals surface area (Å²) in [5.41, 5.74) is 1.19. The quantitative estimate of drug-likeness (QED) is 0.875. The third-order valence-electron chi connectivity index (χ3n) is 4.37. The summed E-state index contributed by atoms with van der Waals surface area (Å²) < 4.78 is 1.92. The Balaban J connectivity index is 1.72. The summed E-state index contributed by atoms with van der Waals surface area (Å²) in [6, 6.07) is 0.693. The lowest BCUT2D eigenvalue weighted by molar-refractivity contribution is -0.142. The van der Waals surface area contributed by atoms with Crippen LogP contribution < -0.4 is 0 Å². The van der Waals surface area contributed by atoms with E-state index in [9.17, 15) is 9.90 Å². The zero-order chi connectivity index (χ0) is 12.7. The van der Waals surface area contributed by atoms with Gasteiger partial charge in [-0.15, -0.1) is 0 Å². The van der Waals surface area contributed by atoms with Gasteiger partial charge in [-0.3, -0.25) is 14.4 Å². The zero-order valence-corrected chi connectivity index (χ0v) is 10.6. The molecule has 0 aromatic carbocycles. The summed E-state index contributed by atoms with van der Waals surface area (Å²) in [6.07, 6.45) is 6.96. The molecular weight excluding hydrogens is 230 g/mol. The van der Waals surface area contributed by atoms with Crippen LogP contribution in [0, 0.1) is 5.92 Å². The fourth-order valence-corrected chi connectivity index (χ4v) is 3.48. The molecule has 1 aromatic heterocycles. The van der Waals surface area contributed by atoms with Gasteiger partial charge in [-0.1, -0.05) is 0 Å². The molecule has 2 aliphatic heterocycles. The molecule has 5 heteroatoms. The second-order valence-corrected chi connectivity index (χ2v) is 5.36. The van der Waals surface area contributed by atoms with E-state index in [0.717, 1.165) is 32.4 Å². The fourth-order valence-electron chi connectivity index (χ4n) is 3.48. The summed E-state index contributed by atoms with van der Waals surface area (Å²) in [5, 5.41) is 13.5. The van der Waals surface area contributed by atoms with Crippen LogP contribution in [-0.2, 0) is 17.9 Å².